The van der Waals surface area contributed by atoms with Crippen molar-refractivity contribution in [2.24, 2.45) is 17.1 Å². The first kappa shape index (κ1) is 26.4. The summed E-state index contributed by atoms with van der Waals surface area (Å²) in [6.07, 6.45) is 2.87. The number of amides is 1. The highest BCUT2D eigenvalue weighted by molar-refractivity contribution is 5.94. The summed E-state index contributed by atoms with van der Waals surface area (Å²) in [5.74, 6) is -2.25. The van der Waals surface area contributed by atoms with E-state index in [9.17, 15) is 18.0 Å². The second-order valence-electron chi connectivity index (χ2n) is 9.54. The number of primary amides is 1. The Morgan fingerprint density at radius 3 is 2.21 bits per heavy atom. The highest BCUT2D eigenvalue weighted by atomic mass is 19.4. The lowest BCUT2D eigenvalue weighted by atomic mass is 9.72. The number of carboxylic acids is 1. The standard InChI is InChI=1S/C24H31NO.C2HF3O2/c1-17-15-19(8-7-18-11-13-24(2,3)14-12-18)9-10-22(17)20-5-4-6-21(16-20)23(25)26;3-2(4,5)1(6)7/h4-6,9-10,15-16,18H,7-8,11-14H2,1-3H3,(H2,25,26);(H,6,7). The Morgan fingerprint density at radius 1 is 1.09 bits per heavy atom. The van der Waals surface area contributed by atoms with Crippen molar-refractivity contribution in [2.45, 2.75) is 65.5 Å². The zero-order chi connectivity index (χ0) is 24.8. The fourth-order valence-corrected chi connectivity index (χ4v) is 4.16. The molecule has 0 radical (unpaired) electrons. The monoisotopic (exact) mass is 463 g/mol. The van der Waals surface area contributed by atoms with E-state index in [0.29, 0.717) is 11.0 Å². The minimum Gasteiger partial charge on any atom is -0.475 e. The Morgan fingerprint density at radius 2 is 1.70 bits per heavy atom. The van der Waals surface area contributed by atoms with Crippen molar-refractivity contribution in [3.63, 3.8) is 0 Å². The average Bonchev–Trinajstić information content (AvgIpc) is 2.73. The molecule has 2 aromatic carbocycles. The molecule has 1 fully saturated rings. The molecule has 0 unspecified atom stereocenters. The number of carboxylic acid groups (broad SMARTS) is 1. The summed E-state index contributed by atoms with van der Waals surface area (Å²) in [5, 5.41) is 7.12. The quantitative estimate of drug-likeness (QED) is 0.528. The van der Waals surface area contributed by atoms with Crippen LogP contribution in [0.5, 0.6) is 0 Å². The SMILES string of the molecule is Cc1cc(CCC2CCC(C)(C)CC2)ccc1-c1cccc(C(N)=O)c1.O=C(O)C(F)(F)F. The van der Waals surface area contributed by atoms with E-state index in [4.69, 9.17) is 15.6 Å². The predicted octanol–water partition coefficient (Wildman–Crippen LogP) is 6.54. The first-order chi connectivity index (χ1) is 15.3. The van der Waals surface area contributed by atoms with Gasteiger partial charge in [-0.25, -0.2) is 4.79 Å². The first-order valence-electron chi connectivity index (χ1n) is 11.1. The third kappa shape index (κ3) is 8.22. The zero-order valence-corrected chi connectivity index (χ0v) is 19.3. The normalized spacial score (nSPS) is 15.9. The first-order valence-corrected chi connectivity index (χ1v) is 11.1. The van der Waals surface area contributed by atoms with E-state index < -0.39 is 12.1 Å². The van der Waals surface area contributed by atoms with Gasteiger partial charge in [0.1, 0.15) is 0 Å². The van der Waals surface area contributed by atoms with Crippen LogP contribution in [-0.2, 0) is 11.2 Å². The Labute approximate surface area is 193 Å². The Balaban J connectivity index is 0.000000479. The molecule has 7 heteroatoms. The summed E-state index contributed by atoms with van der Waals surface area (Å²) in [4.78, 5) is 20.3. The van der Waals surface area contributed by atoms with Gasteiger partial charge in [-0.1, -0.05) is 44.2 Å². The van der Waals surface area contributed by atoms with Crippen molar-refractivity contribution in [1.29, 1.82) is 0 Å². The summed E-state index contributed by atoms with van der Waals surface area (Å²) in [5.41, 5.74) is 11.4. The Kier molecular flexibility index (Phi) is 8.69. The van der Waals surface area contributed by atoms with Gasteiger partial charge in [-0.15, -0.1) is 0 Å². The fraction of sp³-hybridized carbons (Fsp3) is 0.462. The van der Waals surface area contributed by atoms with Gasteiger partial charge in [-0.05, 0) is 91.2 Å². The predicted molar refractivity (Wildman–Crippen MR) is 123 cm³/mol. The third-order valence-corrected chi connectivity index (χ3v) is 6.29. The van der Waals surface area contributed by atoms with Gasteiger partial charge in [0.2, 0.25) is 5.91 Å². The van der Waals surface area contributed by atoms with Gasteiger partial charge >= 0.3 is 12.1 Å². The molecule has 3 rings (SSSR count). The van der Waals surface area contributed by atoms with Gasteiger partial charge in [-0.2, -0.15) is 13.2 Å². The number of alkyl halides is 3. The molecule has 2 aromatic rings. The molecular weight excluding hydrogens is 431 g/mol. The minimum atomic E-state index is -5.08. The Hall–Kier alpha value is -2.83. The second kappa shape index (κ2) is 10.9. The van der Waals surface area contributed by atoms with Crippen LogP contribution in [0.4, 0.5) is 13.2 Å². The number of hydrogen-bond acceptors (Lipinski definition) is 2. The number of rotatable bonds is 5. The average molecular weight is 464 g/mol. The molecule has 0 heterocycles. The van der Waals surface area contributed by atoms with Crippen LogP contribution < -0.4 is 5.73 Å². The van der Waals surface area contributed by atoms with Crippen LogP contribution in [0.1, 0.15) is 67.4 Å². The molecule has 0 aliphatic heterocycles. The molecule has 0 aromatic heterocycles. The summed E-state index contributed by atoms with van der Waals surface area (Å²) < 4.78 is 31.7. The zero-order valence-electron chi connectivity index (χ0n) is 19.3. The van der Waals surface area contributed by atoms with E-state index in [2.05, 4.69) is 39.0 Å². The maximum atomic E-state index is 11.4. The second-order valence-corrected chi connectivity index (χ2v) is 9.54. The lowest BCUT2D eigenvalue weighted by Crippen LogP contribution is -2.21. The van der Waals surface area contributed by atoms with Crippen molar-refractivity contribution >= 4 is 11.9 Å². The van der Waals surface area contributed by atoms with E-state index >= 15 is 0 Å². The molecular formula is C26H32F3NO3. The van der Waals surface area contributed by atoms with Crippen molar-refractivity contribution in [3.05, 3.63) is 59.2 Å². The lowest BCUT2D eigenvalue weighted by Gasteiger charge is -2.34. The molecule has 0 bridgehead atoms. The summed E-state index contributed by atoms with van der Waals surface area (Å²) in [7, 11) is 0. The van der Waals surface area contributed by atoms with Crippen LogP contribution in [0.25, 0.3) is 11.1 Å². The molecule has 1 aliphatic carbocycles. The fourth-order valence-electron chi connectivity index (χ4n) is 4.16. The highest BCUT2D eigenvalue weighted by Gasteiger charge is 2.38. The number of carbonyl (C=O) groups excluding carboxylic acids is 1. The van der Waals surface area contributed by atoms with Gasteiger partial charge < -0.3 is 10.8 Å². The van der Waals surface area contributed by atoms with Gasteiger partial charge in [0, 0.05) is 5.56 Å². The number of benzene rings is 2. The van der Waals surface area contributed by atoms with E-state index in [0.717, 1.165) is 17.9 Å². The lowest BCUT2D eigenvalue weighted by molar-refractivity contribution is -0.192. The van der Waals surface area contributed by atoms with Crippen LogP contribution in [0.3, 0.4) is 0 Å². The van der Waals surface area contributed by atoms with Gasteiger partial charge in [0.05, 0.1) is 0 Å². The topological polar surface area (TPSA) is 80.4 Å². The largest absolute Gasteiger partial charge is 0.490 e. The Bertz CT molecular complexity index is 973. The molecule has 1 aliphatic rings. The maximum Gasteiger partial charge on any atom is 0.490 e. The molecule has 1 amide bonds. The van der Waals surface area contributed by atoms with Gasteiger partial charge in [0.15, 0.2) is 0 Å². The van der Waals surface area contributed by atoms with Gasteiger partial charge in [-0.3, -0.25) is 4.79 Å². The molecule has 1 saturated carbocycles. The van der Waals surface area contributed by atoms with E-state index in [1.165, 1.54) is 48.8 Å². The number of halogens is 3. The molecule has 0 spiro atoms. The van der Waals surface area contributed by atoms with Crippen LogP contribution in [0, 0.1) is 18.3 Å². The number of carbonyl (C=O) groups is 2. The van der Waals surface area contributed by atoms with Crippen LogP contribution in [0.2, 0.25) is 0 Å². The van der Waals surface area contributed by atoms with Crippen molar-refractivity contribution in [2.75, 3.05) is 0 Å². The van der Waals surface area contributed by atoms with Crippen LogP contribution in [-0.4, -0.2) is 23.2 Å². The summed E-state index contributed by atoms with van der Waals surface area (Å²) >= 11 is 0. The van der Waals surface area contributed by atoms with Crippen molar-refractivity contribution in [3.8, 4) is 11.1 Å². The molecule has 33 heavy (non-hydrogen) atoms. The van der Waals surface area contributed by atoms with E-state index in [-0.39, 0.29) is 5.91 Å². The van der Waals surface area contributed by atoms with E-state index in [1.54, 1.807) is 6.07 Å². The number of aliphatic carboxylic acids is 1. The van der Waals surface area contributed by atoms with Gasteiger partial charge in [0.25, 0.3) is 0 Å². The van der Waals surface area contributed by atoms with Crippen LogP contribution in [0.15, 0.2) is 42.5 Å². The molecule has 0 saturated heterocycles. The summed E-state index contributed by atoms with van der Waals surface area (Å²) in [6.45, 7) is 6.95. The number of aryl methyl sites for hydroxylation is 2. The molecule has 4 nitrogen and oxygen atoms in total. The third-order valence-electron chi connectivity index (χ3n) is 6.29. The molecule has 0 atom stereocenters. The smallest absolute Gasteiger partial charge is 0.475 e. The highest BCUT2D eigenvalue weighted by Crippen LogP contribution is 2.39. The van der Waals surface area contributed by atoms with Crippen LogP contribution >= 0.6 is 0 Å². The maximum absolute atomic E-state index is 11.4. The number of hydrogen-bond donors (Lipinski definition) is 2. The summed E-state index contributed by atoms with van der Waals surface area (Å²) in [6, 6.07) is 14.3. The van der Waals surface area contributed by atoms with E-state index in [1.807, 2.05) is 18.2 Å². The van der Waals surface area contributed by atoms with Crippen molar-refractivity contribution < 1.29 is 27.9 Å². The molecule has 3 N–H and O–H groups in total. The minimum absolute atomic E-state index is 0.378. The van der Waals surface area contributed by atoms with Crippen molar-refractivity contribution in [1.82, 2.24) is 0 Å². The number of nitrogens with two attached hydrogens (primary N) is 1. The molecule has 180 valence electrons.